The first-order chi connectivity index (χ1) is 9.29. The van der Waals surface area contributed by atoms with Crippen LogP contribution in [0.4, 0.5) is 0 Å². The Morgan fingerprint density at radius 1 is 1.37 bits per heavy atom. The molecule has 0 spiro atoms. The molecule has 1 aliphatic carbocycles. The van der Waals surface area contributed by atoms with Gasteiger partial charge in [0.2, 0.25) is 5.76 Å². The fraction of sp³-hybridized carbons (Fsp3) is 0.667. The second-order valence-electron chi connectivity index (χ2n) is 5.23. The average Bonchev–Trinajstić information content (AvgIpc) is 2.93. The summed E-state index contributed by atoms with van der Waals surface area (Å²) in [5.74, 6) is 1.52. The minimum atomic E-state index is -0.423. The van der Waals surface area contributed by atoms with Crippen LogP contribution in [0, 0.1) is 5.92 Å². The highest BCUT2D eigenvalue weighted by atomic mass is 16.5. The fourth-order valence-electron chi connectivity index (χ4n) is 2.68. The molecule has 19 heavy (non-hydrogen) atoms. The molecule has 1 N–H and O–H groups in total. The van der Waals surface area contributed by atoms with Gasteiger partial charge in [-0.2, -0.15) is 0 Å². The van der Waals surface area contributed by atoms with Crippen LogP contribution in [0.25, 0.3) is 0 Å². The smallest absolute Gasteiger partial charge is 0.373 e. The Morgan fingerprint density at radius 3 is 2.89 bits per heavy atom. The van der Waals surface area contributed by atoms with Gasteiger partial charge in [0.15, 0.2) is 0 Å². The van der Waals surface area contributed by atoms with Gasteiger partial charge in [-0.25, -0.2) is 4.79 Å². The van der Waals surface area contributed by atoms with E-state index >= 15 is 0 Å². The van der Waals surface area contributed by atoms with E-state index in [-0.39, 0.29) is 5.76 Å². The van der Waals surface area contributed by atoms with E-state index < -0.39 is 5.97 Å². The quantitative estimate of drug-likeness (QED) is 0.634. The first-order valence-electron chi connectivity index (χ1n) is 7.17. The predicted molar refractivity (Wildman–Crippen MR) is 72.9 cm³/mol. The average molecular weight is 265 g/mol. The van der Waals surface area contributed by atoms with Crippen LogP contribution in [-0.2, 0) is 11.3 Å². The Balaban J connectivity index is 1.65. The summed E-state index contributed by atoms with van der Waals surface area (Å²) < 4.78 is 9.99. The first kappa shape index (κ1) is 14.1. The summed E-state index contributed by atoms with van der Waals surface area (Å²) in [6.07, 6.45) is 8.21. The van der Waals surface area contributed by atoms with E-state index in [9.17, 15) is 4.79 Å². The summed E-state index contributed by atoms with van der Waals surface area (Å²) in [4.78, 5) is 11.2. The first-order valence-corrected chi connectivity index (χ1v) is 7.17. The Hall–Kier alpha value is -1.29. The van der Waals surface area contributed by atoms with Gasteiger partial charge in [-0.3, -0.25) is 0 Å². The Morgan fingerprint density at radius 2 is 2.16 bits per heavy atom. The van der Waals surface area contributed by atoms with Crippen LogP contribution in [0.1, 0.15) is 54.8 Å². The van der Waals surface area contributed by atoms with Gasteiger partial charge in [-0.15, -0.1) is 0 Å². The molecular weight excluding hydrogens is 242 g/mol. The molecule has 0 unspecified atom stereocenters. The molecule has 1 aliphatic rings. The number of hydrogen-bond donors (Lipinski definition) is 1. The molecular formula is C15H23NO3. The van der Waals surface area contributed by atoms with Crippen molar-refractivity contribution < 1.29 is 13.9 Å². The fourth-order valence-corrected chi connectivity index (χ4v) is 2.68. The summed E-state index contributed by atoms with van der Waals surface area (Å²) in [6, 6.07) is 3.48. The van der Waals surface area contributed by atoms with Gasteiger partial charge in [0, 0.05) is 0 Å². The largest absolute Gasteiger partial charge is 0.463 e. The van der Waals surface area contributed by atoms with Gasteiger partial charge in [0.25, 0.3) is 0 Å². The molecule has 0 aliphatic heterocycles. The second-order valence-corrected chi connectivity index (χ2v) is 5.23. The van der Waals surface area contributed by atoms with E-state index in [1.165, 1.54) is 45.6 Å². The highest BCUT2D eigenvalue weighted by molar-refractivity contribution is 5.86. The summed E-state index contributed by atoms with van der Waals surface area (Å²) in [5, 5.41) is 3.37. The van der Waals surface area contributed by atoms with Gasteiger partial charge in [-0.1, -0.05) is 32.1 Å². The Labute approximate surface area is 114 Å². The molecule has 1 fully saturated rings. The number of esters is 1. The molecule has 0 aromatic carbocycles. The third-order valence-corrected chi connectivity index (χ3v) is 3.80. The van der Waals surface area contributed by atoms with Crippen molar-refractivity contribution >= 4 is 5.97 Å². The summed E-state index contributed by atoms with van der Waals surface area (Å²) in [6.45, 7) is 1.68. The molecule has 0 amide bonds. The van der Waals surface area contributed by atoms with Crippen molar-refractivity contribution in [3.63, 3.8) is 0 Å². The number of ether oxygens (including phenoxy) is 1. The van der Waals surface area contributed by atoms with Crippen molar-refractivity contribution in [1.29, 1.82) is 0 Å². The second kappa shape index (κ2) is 7.34. The summed E-state index contributed by atoms with van der Waals surface area (Å²) >= 11 is 0. The van der Waals surface area contributed by atoms with Gasteiger partial charge >= 0.3 is 5.97 Å². The highest BCUT2D eigenvalue weighted by Crippen LogP contribution is 2.25. The molecule has 2 rings (SSSR count). The van der Waals surface area contributed by atoms with Crippen LogP contribution in [0.15, 0.2) is 16.5 Å². The maximum Gasteiger partial charge on any atom is 0.373 e. The molecule has 1 aromatic rings. The van der Waals surface area contributed by atoms with Crippen LogP contribution in [0.2, 0.25) is 0 Å². The number of hydrogen-bond acceptors (Lipinski definition) is 4. The third kappa shape index (κ3) is 4.39. The number of furan rings is 1. The molecule has 4 heteroatoms. The van der Waals surface area contributed by atoms with Crippen LogP contribution in [-0.4, -0.2) is 19.6 Å². The topological polar surface area (TPSA) is 51.5 Å². The van der Waals surface area contributed by atoms with E-state index in [1.54, 1.807) is 6.07 Å². The lowest BCUT2D eigenvalue weighted by Gasteiger charge is -2.21. The minimum Gasteiger partial charge on any atom is -0.463 e. The normalized spacial score (nSPS) is 16.5. The molecule has 1 aromatic heterocycles. The number of methoxy groups -OCH3 is 1. The number of carbonyl (C=O) groups excluding carboxylic acids is 1. The van der Waals surface area contributed by atoms with Crippen molar-refractivity contribution in [2.75, 3.05) is 13.7 Å². The molecule has 0 radical (unpaired) electrons. The monoisotopic (exact) mass is 265 g/mol. The van der Waals surface area contributed by atoms with Crippen LogP contribution < -0.4 is 5.32 Å². The summed E-state index contributed by atoms with van der Waals surface area (Å²) in [5.41, 5.74) is 0. The maximum absolute atomic E-state index is 11.2. The van der Waals surface area contributed by atoms with Gasteiger partial charge in [-0.05, 0) is 31.0 Å². The van der Waals surface area contributed by atoms with Crippen LogP contribution in [0.5, 0.6) is 0 Å². The van der Waals surface area contributed by atoms with Crippen LogP contribution in [0.3, 0.4) is 0 Å². The zero-order chi connectivity index (χ0) is 13.5. The Bertz CT molecular complexity index is 394. The van der Waals surface area contributed by atoms with Crippen molar-refractivity contribution in [3.05, 3.63) is 23.7 Å². The molecule has 0 atom stereocenters. The Kier molecular flexibility index (Phi) is 5.45. The minimum absolute atomic E-state index is 0.270. The molecule has 4 nitrogen and oxygen atoms in total. The van der Waals surface area contributed by atoms with Gasteiger partial charge in [0.1, 0.15) is 5.76 Å². The van der Waals surface area contributed by atoms with Crippen molar-refractivity contribution in [1.82, 2.24) is 5.32 Å². The van der Waals surface area contributed by atoms with Gasteiger partial charge < -0.3 is 14.5 Å². The number of rotatable bonds is 6. The highest BCUT2D eigenvalue weighted by Gasteiger charge is 2.13. The zero-order valence-electron chi connectivity index (χ0n) is 11.6. The molecule has 106 valence electrons. The number of nitrogens with one attached hydrogen (secondary N) is 1. The van der Waals surface area contributed by atoms with E-state index in [2.05, 4.69) is 10.1 Å². The van der Waals surface area contributed by atoms with Crippen LogP contribution >= 0.6 is 0 Å². The molecule has 0 saturated heterocycles. The lowest BCUT2D eigenvalue weighted by Crippen LogP contribution is -2.18. The molecule has 1 saturated carbocycles. The van der Waals surface area contributed by atoms with Crippen molar-refractivity contribution in [2.45, 2.75) is 45.1 Å². The van der Waals surface area contributed by atoms with E-state index in [4.69, 9.17) is 4.42 Å². The van der Waals surface area contributed by atoms with Crippen molar-refractivity contribution in [2.24, 2.45) is 5.92 Å². The van der Waals surface area contributed by atoms with E-state index in [0.29, 0.717) is 6.54 Å². The van der Waals surface area contributed by atoms with Crippen molar-refractivity contribution in [3.8, 4) is 0 Å². The maximum atomic E-state index is 11.2. The lowest BCUT2D eigenvalue weighted by molar-refractivity contribution is 0.0563. The molecule has 0 bridgehead atoms. The lowest BCUT2D eigenvalue weighted by atomic mass is 9.87. The summed E-state index contributed by atoms with van der Waals surface area (Å²) in [7, 11) is 1.35. The van der Waals surface area contributed by atoms with Gasteiger partial charge in [0.05, 0.1) is 13.7 Å². The SMILES string of the molecule is COC(=O)c1ccc(CNCCC2CCCCC2)o1. The third-order valence-electron chi connectivity index (χ3n) is 3.80. The number of carbonyl (C=O) groups is 1. The van der Waals surface area contributed by atoms with E-state index in [1.807, 2.05) is 6.07 Å². The predicted octanol–water partition coefficient (Wildman–Crippen LogP) is 3.13. The standard InChI is InChI=1S/C15H23NO3/c1-18-15(17)14-8-7-13(19-14)11-16-10-9-12-5-3-2-4-6-12/h7-8,12,16H,2-6,9-11H2,1H3. The zero-order valence-corrected chi connectivity index (χ0v) is 11.6. The molecule has 1 heterocycles. The van der Waals surface area contributed by atoms with E-state index in [0.717, 1.165) is 18.2 Å².